The van der Waals surface area contributed by atoms with Crippen molar-refractivity contribution < 1.29 is 14.6 Å². The molecule has 1 amide bonds. The predicted octanol–water partition coefficient (Wildman–Crippen LogP) is 1.28. The van der Waals surface area contributed by atoms with E-state index in [0.717, 1.165) is 12.3 Å². The van der Waals surface area contributed by atoms with Crippen LogP contribution in [0.4, 0.5) is 4.79 Å². The Bertz CT molecular complexity index is 180. The van der Waals surface area contributed by atoms with E-state index in [2.05, 4.69) is 5.32 Å². The van der Waals surface area contributed by atoms with Gasteiger partial charge in [0.1, 0.15) is 0 Å². The van der Waals surface area contributed by atoms with Crippen molar-refractivity contribution in [2.45, 2.75) is 38.6 Å². The molecule has 0 aromatic heterocycles. The molecule has 1 atom stereocenters. The van der Waals surface area contributed by atoms with Gasteiger partial charge in [-0.05, 0) is 25.7 Å². The largest absolute Gasteiger partial charge is 0.450 e. The number of nitrogens with one attached hydrogen (secondary N) is 1. The van der Waals surface area contributed by atoms with Gasteiger partial charge in [-0.2, -0.15) is 0 Å². The number of amides is 1. The van der Waals surface area contributed by atoms with Gasteiger partial charge in [-0.15, -0.1) is 0 Å². The second kappa shape index (κ2) is 5.86. The van der Waals surface area contributed by atoms with E-state index in [1.165, 1.54) is 19.3 Å². The lowest BCUT2D eigenvalue weighted by Gasteiger charge is -2.10. The molecule has 1 unspecified atom stereocenters. The number of hydrogen-bond donors (Lipinski definition) is 2. The Balaban J connectivity index is 1.91. The van der Waals surface area contributed by atoms with Gasteiger partial charge < -0.3 is 15.2 Å². The molecule has 1 fully saturated rings. The Morgan fingerprint density at radius 3 is 2.93 bits per heavy atom. The van der Waals surface area contributed by atoms with Crippen molar-refractivity contribution in [1.29, 1.82) is 0 Å². The second-order valence-electron chi connectivity index (χ2n) is 3.95. The smallest absolute Gasteiger partial charge is 0.407 e. The Kier molecular flexibility index (Phi) is 4.73. The van der Waals surface area contributed by atoms with Crippen molar-refractivity contribution in [2.24, 2.45) is 5.92 Å². The molecule has 0 aliphatic heterocycles. The van der Waals surface area contributed by atoms with Crippen molar-refractivity contribution in [1.82, 2.24) is 5.32 Å². The van der Waals surface area contributed by atoms with E-state index < -0.39 is 6.09 Å². The zero-order valence-electron chi connectivity index (χ0n) is 8.66. The molecule has 1 rings (SSSR count). The van der Waals surface area contributed by atoms with Crippen molar-refractivity contribution in [2.75, 3.05) is 13.2 Å². The van der Waals surface area contributed by atoms with Crippen LogP contribution in [-0.2, 0) is 4.74 Å². The first-order valence-corrected chi connectivity index (χ1v) is 5.26. The molecule has 14 heavy (non-hydrogen) atoms. The molecule has 2 N–H and O–H groups in total. The summed E-state index contributed by atoms with van der Waals surface area (Å²) in [6, 6.07) is -0.231. The minimum absolute atomic E-state index is 0.0584. The number of aliphatic hydroxyl groups excluding tert-OH is 1. The number of rotatable bonds is 6. The molecule has 1 saturated carbocycles. The number of carbonyl (C=O) groups is 1. The molecule has 0 saturated heterocycles. The second-order valence-corrected chi connectivity index (χ2v) is 3.95. The molecule has 82 valence electrons. The summed E-state index contributed by atoms with van der Waals surface area (Å²) in [5, 5.41) is 11.2. The van der Waals surface area contributed by atoms with E-state index in [1.54, 1.807) is 6.92 Å². The first-order valence-electron chi connectivity index (χ1n) is 5.26. The monoisotopic (exact) mass is 201 g/mol. The maximum absolute atomic E-state index is 11.0. The zero-order valence-corrected chi connectivity index (χ0v) is 8.66. The van der Waals surface area contributed by atoms with Gasteiger partial charge in [0.25, 0.3) is 0 Å². The number of ether oxygens (including phenoxy) is 1. The first kappa shape index (κ1) is 11.3. The summed E-state index contributed by atoms with van der Waals surface area (Å²) in [5.74, 6) is 0.887. The minimum atomic E-state index is -0.428. The van der Waals surface area contributed by atoms with Crippen molar-refractivity contribution in [3.63, 3.8) is 0 Å². The van der Waals surface area contributed by atoms with E-state index in [1.807, 2.05) is 0 Å². The summed E-state index contributed by atoms with van der Waals surface area (Å²) in [7, 11) is 0. The van der Waals surface area contributed by atoms with E-state index in [9.17, 15) is 4.79 Å². The van der Waals surface area contributed by atoms with Crippen LogP contribution in [0.1, 0.15) is 32.6 Å². The van der Waals surface area contributed by atoms with Gasteiger partial charge >= 0.3 is 6.09 Å². The Hall–Kier alpha value is -0.770. The number of aliphatic hydroxyl groups is 1. The fraction of sp³-hybridized carbons (Fsp3) is 0.900. The van der Waals surface area contributed by atoms with E-state index in [4.69, 9.17) is 9.84 Å². The van der Waals surface area contributed by atoms with Crippen molar-refractivity contribution in [3.8, 4) is 0 Å². The number of hydrogen-bond acceptors (Lipinski definition) is 3. The normalized spacial score (nSPS) is 17.6. The van der Waals surface area contributed by atoms with E-state index >= 15 is 0 Å². The molecule has 0 heterocycles. The lowest BCUT2D eigenvalue weighted by Crippen LogP contribution is -2.35. The summed E-state index contributed by atoms with van der Waals surface area (Å²) < 4.78 is 4.93. The summed E-state index contributed by atoms with van der Waals surface area (Å²) >= 11 is 0. The molecule has 4 heteroatoms. The Morgan fingerprint density at radius 2 is 2.36 bits per heavy atom. The molecular formula is C10H19NO3. The summed E-state index contributed by atoms with van der Waals surface area (Å²) in [4.78, 5) is 11.0. The average molecular weight is 201 g/mol. The molecule has 4 nitrogen and oxygen atoms in total. The average Bonchev–Trinajstić information content (AvgIpc) is 2.96. The van der Waals surface area contributed by atoms with Crippen LogP contribution in [0.2, 0.25) is 0 Å². The first-order chi connectivity index (χ1) is 6.72. The molecule has 0 bridgehead atoms. The van der Waals surface area contributed by atoms with Crippen LogP contribution in [0.15, 0.2) is 0 Å². The molecule has 1 aliphatic rings. The molecule has 0 radical (unpaired) electrons. The third kappa shape index (κ3) is 5.07. The minimum Gasteiger partial charge on any atom is -0.450 e. The molecule has 0 aromatic carbocycles. The SMILES string of the molecule is CC(CO)NC(=O)OCCCC1CC1. The maximum atomic E-state index is 11.0. The molecule has 0 spiro atoms. The summed E-state index contributed by atoms with van der Waals surface area (Å²) in [5.41, 5.74) is 0. The van der Waals surface area contributed by atoms with Gasteiger partial charge in [0.2, 0.25) is 0 Å². The van der Waals surface area contributed by atoms with Crippen LogP contribution in [-0.4, -0.2) is 30.5 Å². The zero-order chi connectivity index (χ0) is 10.4. The van der Waals surface area contributed by atoms with Crippen LogP contribution >= 0.6 is 0 Å². The Morgan fingerprint density at radius 1 is 1.64 bits per heavy atom. The highest BCUT2D eigenvalue weighted by Crippen LogP contribution is 2.33. The molecule has 1 aliphatic carbocycles. The van der Waals surface area contributed by atoms with Gasteiger partial charge in [0.05, 0.1) is 19.3 Å². The van der Waals surface area contributed by atoms with Gasteiger partial charge in [-0.3, -0.25) is 0 Å². The summed E-state index contributed by atoms with van der Waals surface area (Å²) in [6.45, 7) is 2.16. The van der Waals surface area contributed by atoms with Crippen LogP contribution in [0.25, 0.3) is 0 Å². The standard InChI is InChI=1S/C10H19NO3/c1-8(7-12)11-10(13)14-6-2-3-9-4-5-9/h8-9,12H,2-7H2,1H3,(H,11,13). The van der Waals surface area contributed by atoms with E-state index in [-0.39, 0.29) is 12.6 Å². The fourth-order valence-corrected chi connectivity index (χ4v) is 1.23. The highest BCUT2D eigenvalue weighted by atomic mass is 16.5. The van der Waals surface area contributed by atoms with Gasteiger partial charge in [0, 0.05) is 0 Å². The summed E-state index contributed by atoms with van der Waals surface area (Å²) in [6.07, 6.45) is 4.37. The Labute approximate surface area is 84.6 Å². The third-order valence-corrected chi connectivity index (χ3v) is 2.32. The van der Waals surface area contributed by atoms with Gasteiger partial charge in [0.15, 0.2) is 0 Å². The van der Waals surface area contributed by atoms with E-state index in [0.29, 0.717) is 6.61 Å². The van der Waals surface area contributed by atoms with Gasteiger partial charge in [-0.1, -0.05) is 12.8 Å². The highest BCUT2D eigenvalue weighted by Gasteiger charge is 2.20. The van der Waals surface area contributed by atoms with Crippen molar-refractivity contribution in [3.05, 3.63) is 0 Å². The fourth-order valence-electron chi connectivity index (χ4n) is 1.23. The molecular weight excluding hydrogens is 182 g/mol. The lowest BCUT2D eigenvalue weighted by molar-refractivity contribution is 0.134. The quantitative estimate of drug-likeness (QED) is 0.636. The number of alkyl carbamates (subject to hydrolysis) is 1. The third-order valence-electron chi connectivity index (χ3n) is 2.32. The van der Waals surface area contributed by atoms with Gasteiger partial charge in [-0.25, -0.2) is 4.79 Å². The van der Waals surface area contributed by atoms with Crippen LogP contribution in [0.5, 0.6) is 0 Å². The maximum Gasteiger partial charge on any atom is 0.407 e. The topological polar surface area (TPSA) is 58.6 Å². The van der Waals surface area contributed by atoms with Crippen LogP contribution in [0, 0.1) is 5.92 Å². The van der Waals surface area contributed by atoms with Crippen LogP contribution < -0.4 is 5.32 Å². The van der Waals surface area contributed by atoms with Crippen LogP contribution in [0.3, 0.4) is 0 Å². The lowest BCUT2D eigenvalue weighted by atomic mass is 10.2. The highest BCUT2D eigenvalue weighted by molar-refractivity contribution is 5.67. The molecule has 0 aromatic rings. The predicted molar refractivity (Wildman–Crippen MR) is 53.0 cm³/mol. The van der Waals surface area contributed by atoms with Crippen molar-refractivity contribution >= 4 is 6.09 Å². The number of carbonyl (C=O) groups excluding carboxylic acids is 1.